The molecule has 5 fully saturated rings. The normalized spacial score (nSPS) is 46.3. The standard InChI is InChI=1S/C36H36O10/c1-19(2)34-28(42-25(38)16-15-22-11-7-5-8-12-22)21(4)35-24-17-20(3)27(39)33(24,41)31(40)32(18-37)29(43-32)26(35)30(34)44-36(45-34,46-35)23-13-9-6-10-14-23/h5-17,21,24,26,28-31,37,40-41H,1,18H2,2-4H3/b16-15+/t21-,24-,26+,28-,29+,30-,31-,32+,33-,34+,35-,36-/m1/s1. The number of aliphatic hydroxyl groups is 3. The lowest BCUT2D eigenvalue weighted by molar-refractivity contribution is -0.440. The van der Waals surface area contributed by atoms with E-state index in [0.29, 0.717) is 11.1 Å². The number of rotatable bonds is 6. The molecule has 3 N–H and O–H groups in total. The SMILES string of the molecule is C=C(C)[C@@]12O[C@@]3(c4ccccc4)O[C@@H]1[C@@H]1[C@@H]4O[C@]4(CO)[C@@H](O)[C@]4(O)C(=O)C(C)=C[C@H]4[C@]1(O3)[C@H](C)[C@H]2OC(=O)/C=C/c1ccccc1. The quantitative estimate of drug-likeness (QED) is 0.189. The van der Waals surface area contributed by atoms with Crippen LogP contribution in [0.25, 0.3) is 6.08 Å². The zero-order valence-corrected chi connectivity index (χ0v) is 25.7. The maximum atomic E-state index is 13.8. The van der Waals surface area contributed by atoms with Crippen LogP contribution in [-0.2, 0) is 39.2 Å². The number of carbonyl (C=O) groups excluding carboxylic acids is 2. The molecule has 2 saturated carbocycles. The van der Waals surface area contributed by atoms with E-state index < -0.39 is 88.9 Å². The number of fused-ring (bicyclic) bond motifs is 3. The van der Waals surface area contributed by atoms with Crippen LogP contribution in [0.4, 0.5) is 0 Å². The van der Waals surface area contributed by atoms with Gasteiger partial charge in [-0.05, 0) is 36.6 Å². The van der Waals surface area contributed by atoms with Crippen molar-refractivity contribution >= 4 is 17.8 Å². The van der Waals surface area contributed by atoms with E-state index >= 15 is 0 Å². The summed E-state index contributed by atoms with van der Waals surface area (Å²) >= 11 is 0. The number of ketones is 1. The number of epoxide rings is 1. The minimum Gasteiger partial charge on any atom is -0.455 e. The first kappa shape index (κ1) is 29.9. The fourth-order valence-electron chi connectivity index (χ4n) is 9.20. The van der Waals surface area contributed by atoms with Crippen molar-refractivity contribution in [1.29, 1.82) is 0 Å². The first-order chi connectivity index (χ1) is 21.9. The highest BCUT2D eigenvalue weighted by atomic mass is 16.9. The van der Waals surface area contributed by atoms with E-state index in [1.165, 1.54) is 6.08 Å². The molecule has 3 aliphatic carbocycles. The second kappa shape index (κ2) is 9.54. The van der Waals surface area contributed by atoms with Crippen LogP contribution in [0.2, 0.25) is 0 Å². The van der Waals surface area contributed by atoms with Crippen LogP contribution in [0.5, 0.6) is 0 Å². The van der Waals surface area contributed by atoms with Crippen molar-refractivity contribution in [2.24, 2.45) is 17.8 Å². The van der Waals surface area contributed by atoms with Gasteiger partial charge in [0.2, 0.25) is 0 Å². The molecule has 8 rings (SSSR count). The third kappa shape index (κ3) is 3.40. The average molecular weight is 629 g/mol. The van der Waals surface area contributed by atoms with Crippen LogP contribution < -0.4 is 0 Å². The molecule has 3 saturated heterocycles. The Hall–Kier alpha value is -3.48. The van der Waals surface area contributed by atoms with Gasteiger partial charge in [-0.25, -0.2) is 4.79 Å². The summed E-state index contributed by atoms with van der Waals surface area (Å²) in [6.45, 7) is 8.80. The Morgan fingerprint density at radius 3 is 2.37 bits per heavy atom. The van der Waals surface area contributed by atoms with Gasteiger partial charge in [0.15, 0.2) is 17.0 Å². The fraction of sp³-hybridized carbons (Fsp3) is 0.444. The zero-order valence-electron chi connectivity index (χ0n) is 25.7. The minimum atomic E-state index is -2.43. The smallest absolute Gasteiger partial charge is 0.331 e. The van der Waals surface area contributed by atoms with E-state index in [1.54, 1.807) is 50.3 Å². The molecule has 6 aliphatic rings. The van der Waals surface area contributed by atoms with Gasteiger partial charge in [0.05, 0.1) is 12.2 Å². The van der Waals surface area contributed by atoms with Crippen LogP contribution in [0.15, 0.2) is 90.5 Å². The minimum absolute atomic E-state index is 0.229. The maximum Gasteiger partial charge on any atom is 0.331 e. The highest BCUT2D eigenvalue weighted by molar-refractivity contribution is 6.05. The molecule has 0 amide bonds. The van der Waals surface area contributed by atoms with Gasteiger partial charge in [-0.1, -0.05) is 80.2 Å². The summed E-state index contributed by atoms with van der Waals surface area (Å²) in [6.07, 6.45) is -0.138. The Kier molecular flexibility index (Phi) is 6.20. The molecule has 0 unspecified atom stereocenters. The van der Waals surface area contributed by atoms with Crippen molar-refractivity contribution in [1.82, 2.24) is 0 Å². The van der Waals surface area contributed by atoms with Crippen LogP contribution in [-0.4, -0.2) is 80.5 Å². The van der Waals surface area contributed by atoms with E-state index in [-0.39, 0.29) is 5.57 Å². The van der Waals surface area contributed by atoms with Crippen molar-refractivity contribution in [2.45, 2.75) is 73.6 Å². The van der Waals surface area contributed by atoms with E-state index in [9.17, 15) is 24.9 Å². The third-order valence-electron chi connectivity index (χ3n) is 11.3. The summed E-state index contributed by atoms with van der Waals surface area (Å²) in [5.41, 5.74) is -5.12. The molecule has 3 heterocycles. The molecule has 0 radical (unpaired) electrons. The van der Waals surface area contributed by atoms with Crippen LogP contribution in [0.1, 0.15) is 31.9 Å². The lowest BCUT2D eigenvalue weighted by Gasteiger charge is -2.61. The predicted octanol–water partition coefficient (Wildman–Crippen LogP) is 2.57. The number of benzene rings is 2. The summed E-state index contributed by atoms with van der Waals surface area (Å²) in [5.74, 6) is -5.94. The van der Waals surface area contributed by atoms with Crippen LogP contribution in [0.3, 0.4) is 0 Å². The number of esters is 1. The number of ether oxygens (including phenoxy) is 5. The van der Waals surface area contributed by atoms with E-state index in [4.69, 9.17) is 23.7 Å². The molecule has 2 aromatic carbocycles. The topological polar surface area (TPSA) is 144 Å². The predicted molar refractivity (Wildman–Crippen MR) is 161 cm³/mol. The Morgan fingerprint density at radius 1 is 1.04 bits per heavy atom. The van der Waals surface area contributed by atoms with Gasteiger partial charge in [-0.3, -0.25) is 4.79 Å². The zero-order chi connectivity index (χ0) is 32.4. The number of hydrogen-bond donors (Lipinski definition) is 3. The maximum absolute atomic E-state index is 13.8. The largest absolute Gasteiger partial charge is 0.455 e. The molecule has 2 aromatic rings. The average Bonchev–Trinajstić information content (AvgIpc) is 3.68. The number of Topliss-reactive ketones (excluding diaryl/α,β-unsaturated/α-hetero) is 1. The molecule has 10 heteroatoms. The van der Waals surface area contributed by atoms with Gasteiger partial charge in [-0.15, -0.1) is 0 Å². The number of hydrogen-bond acceptors (Lipinski definition) is 10. The van der Waals surface area contributed by atoms with Crippen molar-refractivity contribution in [2.75, 3.05) is 6.61 Å². The van der Waals surface area contributed by atoms with Crippen molar-refractivity contribution < 1.29 is 48.6 Å². The van der Waals surface area contributed by atoms with Gasteiger partial charge in [0, 0.05) is 29.4 Å². The van der Waals surface area contributed by atoms with Gasteiger partial charge in [0.25, 0.3) is 0 Å². The van der Waals surface area contributed by atoms with Gasteiger partial charge >= 0.3 is 11.9 Å². The molecule has 46 heavy (non-hydrogen) atoms. The number of carbonyl (C=O) groups is 2. The number of aliphatic hydroxyl groups excluding tert-OH is 2. The summed E-state index contributed by atoms with van der Waals surface area (Å²) in [5, 5.41) is 34.9. The Labute approximate surface area is 265 Å². The van der Waals surface area contributed by atoms with Crippen LogP contribution in [0, 0.1) is 17.8 Å². The fourth-order valence-corrected chi connectivity index (χ4v) is 9.20. The molecule has 12 atom stereocenters. The summed E-state index contributed by atoms with van der Waals surface area (Å²) in [7, 11) is 0. The van der Waals surface area contributed by atoms with Gasteiger partial charge in [0.1, 0.15) is 30.0 Å². The van der Waals surface area contributed by atoms with Crippen molar-refractivity contribution in [3.8, 4) is 0 Å². The third-order valence-corrected chi connectivity index (χ3v) is 11.3. The first-order valence-electron chi connectivity index (χ1n) is 15.6. The summed E-state index contributed by atoms with van der Waals surface area (Å²) < 4.78 is 33.3. The Balaban J connectivity index is 1.35. The molecule has 10 nitrogen and oxygen atoms in total. The summed E-state index contributed by atoms with van der Waals surface area (Å²) in [6, 6.07) is 18.3. The van der Waals surface area contributed by atoms with E-state index in [0.717, 1.165) is 5.56 Å². The Bertz CT molecular complexity index is 1710. The van der Waals surface area contributed by atoms with Crippen molar-refractivity contribution in [3.05, 3.63) is 102 Å². The molecular formula is C36H36O10. The molecule has 0 aromatic heterocycles. The van der Waals surface area contributed by atoms with Gasteiger partial charge in [-0.2, -0.15) is 0 Å². The lowest BCUT2D eigenvalue weighted by atomic mass is 9.53. The molecule has 3 bridgehead atoms. The first-order valence-corrected chi connectivity index (χ1v) is 15.6. The van der Waals surface area contributed by atoms with E-state index in [2.05, 4.69) is 6.58 Å². The highest BCUT2D eigenvalue weighted by Gasteiger charge is 2.90. The Morgan fingerprint density at radius 2 is 1.72 bits per heavy atom. The second-order valence-electron chi connectivity index (χ2n) is 13.5. The second-order valence-corrected chi connectivity index (χ2v) is 13.5. The van der Waals surface area contributed by atoms with E-state index in [1.807, 2.05) is 43.3 Å². The molecule has 3 aliphatic heterocycles. The molecule has 240 valence electrons. The van der Waals surface area contributed by atoms with Crippen LogP contribution >= 0.6 is 0 Å². The molecular weight excluding hydrogens is 592 g/mol. The monoisotopic (exact) mass is 628 g/mol. The molecule has 0 spiro atoms. The summed E-state index contributed by atoms with van der Waals surface area (Å²) in [4.78, 5) is 27.4. The highest BCUT2D eigenvalue weighted by Crippen LogP contribution is 2.74. The van der Waals surface area contributed by atoms with Crippen molar-refractivity contribution in [3.63, 3.8) is 0 Å². The lowest BCUT2D eigenvalue weighted by Crippen LogP contribution is -2.76. The van der Waals surface area contributed by atoms with Gasteiger partial charge < -0.3 is 39.0 Å².